The van der Waals surface area contributed by atoms with Crippen molar-refractivity contribution in [1.29, 1.82) is 0 Å². The number of carbonyl (C=O) groups is 1. The lowest BCUT2D eigenvalue weighted by atomic mass is 9.79. The lowest BCUT2D eigenvalue weighted by molar-refractivity contribution is -0.141. The number of rotatable bonds is 10. The van der Waals surface area contributed by atoms with E-state index in [9.17, 15) is 23.1 Å². The Kier molecular flexibility index (Phi) is 8.71. The van der Waals surface area contributed by atoms with Gasteiger partial charge in [0.15, 0.2) is 11.6 Å². The minimum absolute atomic E-state index is 0.00614. The van der Waals surface area contributed by atoms with Crippen LogP contribution in [0, 0.1) is 23.0 Å². The molecule has 0 radical (unpaired) electrons. The first kappa shape index (κ1) is 29.4. The van der Waals surface area contributed by atoms with Gasteiger partial charge in [0.05, 0.1) is 5.92 Å². The Morgan fingerprint density at radius 3 is 2.40 bits per heavy atom. The number of ether oxygens (including phenoxy) is 1. The zero-order valence-electron chi connectivity index (χ0n) is 23.1. The average Bonchev–Trinajstić information content (AvgIpc) is 3.27. The number of hydrogen-bond donors (Lipinski definition) is 1. The van der Waals surface area contributed by atoms with Gasteiger partial charge in [-0.15, -0.1) is 0 Å². The molecule has 212 valence electrons. The van der Waals surface area contributed by atoms with Gasteiger partial charge in [-0.1, -0.05) is 64.1 Å². The molecule has 0 saturated carbocycles. The van der Waals surface area contributed by atoms with Crippen LogP contribution in [0.25, 0.3) is 16.7 Å². The predicted molar refractivity (Wildman–Crippen MR) is 148 cm³/mol. The molecular formula is C33H34F4O3. The fourth-order valence-electron chi connectivity index (χ4n) is 5.59. The zero-order chi connectivity index (χ0) is 29.2. The van der Waals surface area contributed by atoms with Gasteiger partial charge in [-0.25, -0.2) is 17.6 Å². The lowest BCUT2D eigenvalue weighted by Crippen LogP contribution is -2.19. The van der Waals surface area contributed by atoms with Gasteiger partial charge >= 0.3 is 5.97 Å². The summed E-state index contributed by atoms with van der Waals surface area (Å²) in [5.74, 6) is -3.45. The van der Waals surface area contributed by atoms with Crippen LogP contribution in [-0.4, -0.2) is 11.1 Å². The Balaban J connectivity index is 1.71. The van der Waals surface area contributed by atoms with Crippen molar-refractivity contribution >= 4 is 11.5 Å². The Morgan fingerprint density at radius 2 is 1.77 bits per heavy atom. The molecule has 0 spiro atoms. The highest BCUT2D eigenvalue weighted by molar-refractivity contribution is 5.85. The van der Waals surface area contributed by atoms with E-state index < -0.39 is 35.9 Å². The third kappa shape index (κ3) is 5.93. The van der Waals surface area contributed by atoms with Crippen LogP contribution in [0.2, 0.25) is 0 Å². The van der Waals surface area contributed by atoms with E-state index in [1.807, 2.05) is 13.0 Å². The maximum atomic E-state index is 15.5. The molecule has 1 aliphatic rings. The second-order valence-electron chi connectivity index (χ2n) is 11.0. The molecule has 0 aliphatic heterocycles. The molecule has 0 bridgehead atoms. The highest BCUT2D eigenvalue weighted by Crippen LogP contribution is 2.47. The van der Waals surface area contributed by atoms with Gasteiger partial charge in [-0.3, -0.25) is 4.79 Å². The number of allylic oxidation sites excluding steroid dienone is 2. The standard InChI is InChI=1S/C33H34F4O3/c1-5-22(19(2)32(38)39)24-8-6-10-29(30(24)35)40-18-20-11-13-23(25(16-20)27-9-7-15-33(27,3)4)26-17-21(31(36)37)12-14-28(26)34/h6,8-14,16-17,19,22,31H,5,7,15,18H2,1-4H3,(H,38,39)/t19?,22-/m1/s1. The monoisotopic (exact) mass is 554 g/mol. The van der Waals surface area contributed by atoms with E-state index in [4.69, 9.17) is 4.74 Å². The molecule has 40 heavy (non-hydrogen) atoms. The number of hydrogen-bond acceptors (Lipinski definition) is 2. The summed E-state index contributed by atoms with van der Waals surface area (Å²) in [6.45, 7) is 7.57. The van der Waals surface area contributed by atoms with Gasteiger partial charge < -0.3 is 9.84 Å². The second-order valence-corrected chi connectivity index (χ2v) is 11.0. The third-order valence-corrected chi connectivity index (χ3v) is 7.97. The summed E-state index contributed by atoms with van der Waals surface area (Å²) in [4.78, 5) is 11.6. The minimum Gasteiger partial charge on any atom is -0.486 e. The van der Waals surface area contributed by atoms with Crippen molar-refractivity contribution in [2.24, 2.45) is 11.3 Å². The molecule has 2 atom stereocenters. The summed E-state index contributed by atoms with van der Waals surface area (Å²) < 4.78 is 63.2. The number of carboxylic acids is 1. The summed E-state index contributed by atoms with van der Waals surface area (Å²) in [5, 5.41) is 9.46. The quantitative estimate of drug-likeness (QED) is 0.254. The lowest BCUT2D eigenvalue weighted by Gasteiger charge is -2.26. The third-order valence-electron chi connectivity index (χ3n) is 7.97. The molecule has 0 heterocycles. The summed E-state index contributed by atoms with van der Waals surface area (Å²) in [7, 11) is 0. The molecule has 1 aliphatic carbocycles. The predicted octanol–water partition coefficient (Wildman–Crippen LogP) is 9.57. The van der Waals surface area contributed by atoms with Crippen molar-refractivity contribution in [3.05, 3.63) is 94.6 Å². The molecular weight excluding hydrogens is 520 g/mol. The Labute approximate surface area is 232 Å². The number of halogens is 4. The number of carboxylic acid groups (broad SMARTS) is 1. The van der Waals surface area contributed by atoms with Crippen molar-refractivity contribution in [3.8, 4) is 16.9 Å². The van der Waals surface area contributed by atoms with Crippen molar-refractivity contribution in [2.45, 2.75) is 65.9 Å². The molecule has 0 fully saturated rings. The van der Waals surface area contributed by atoms with E-state index >= 15 is 4.39 Å². The second kappa shape index (κ2) is 11.9. The molecule has 4 rings (SSSR count). The van der Waals surface area contributed by atoms with E-state index in [1.165, 1.54) is 12.1 Å². The molecule has 0 saturated heterocycles. The van der Waals surface area contributed by atoms with Gasteiger partial charge in [0.1, 0.15) is 12.4 Å². The van der Waals surface area contributed by atoms with Crippen LogP contribution in [0.3, 0.4) is 0 Å². The zero-order valence-corrected chi connectivity index (χ0v) is 23.1. The SMILES string of the molecule is CC[C@@H](c1cccc(OCc2ccc(-c3cc(C(F)F)ccc3F)c(C3=CCCC3(C)C)c2)c1F)C(C)C(=O)O. The summed E-state index contributed by atoms with van der Waals surface area (Å²) in [6, 6.07) is 13.4. The van der Waals surface area contributed by atoms with Crippen LogP contribution >= 0.6 is 0 Å². The van der Waals surface area contributed by atoms with E-state index in [-0.39, 0.29) is 34.5 Å². The van der Waals surface area contributed by atoms with Gasteiger partial charge in [-0.2, -0.15) is 0 Å². The summed E-state index contributed by atoms with van der Waals surface area (Å²) in [6.07, 6.45) is 1.55. The van der Waals surface area contributed by atoms with Crippen molar-refractivity contribution in [3.63, 3.8) is 0 Å². The fourth-order valence-corrected chi connectivity index (χ4v) is 5.59. The smallest absolute Gasteiger partial charge is 0.306 e. The highest BCUT2D eigenvalue weighted by atomic mass is 19.3. The summed E-state index contributed by atoms with van der Waals surface area (Å²) in [5.41, 5.74) is 2.85. The first-order chi connectivity index (χ1) is 18.9. The Hall–Kier alpha value is -3.61. The number of aliphatic carboxylic acids is 1. The van der Waals surface area contributed by atoms with E-state index in [0.29, 0.717) is 17.5 Å². The largest absolute Gasteiger partial charge is 0.486 e. The Bertz CT molecular complexity index is 1430. The highest BCUT2D eigenvalue weighted by Gasteiger charge is 2.31. The van der Waals surface area contributed by atoms with Gasteiger partial charge in [0.25, 0.3) is 6.43 Å². The van der Waals surface area contributed by atoms with Gasteiger partial charge in [0.2, 0.25) is 0 Å². The van der Waals surface area contributed by atoms with Crippen LogP contribution in [0.15, 0.2) is 60.7 Å². The molecule has 3 aromatic carbocycles. The topological polar surface area (TPSA) is 46.5 Å². The molecule has 3 nitrogen and oxygen atoms in total. The van der Waals surface area contributed by atoms with E-state index in [2.05, 4.69) is 19.9 Å². The molecule has 7 heteroatoms. The van der Waals surface area contributed by atoms with Gasteiger partial charge in [-0.05, 0) is 82.7 Å². The average molecular weight is 555 g/mol. The van der Waals surface area contributed by atoms with Crippen LogP contribution in [0.5, 0.6) is 5.75 Å². The molecule has 3 aromatic rings. The van der Waals surface area contributed by atoms with Crippen LogP contribution in [0.1, 0.15) is 81.6 Å². The number of benzene rings is 3. The maximum Gasteiger partial charge on any atom is 0.306 e. The Morgan fingerprint density at radius 1 is 1.02 bits per heavy atom. The van der Waals surface area contributed by atoms with Crippen molar-refractivity contribution in [1.82, 2.24) is 0 Å². The summed E-state index contributed by atoms with van der Waals surface area (Å²) >= 11 is 0. The fraction of sp³-hybridized carbons (Fsp3) is 0.364. The van der Waals surface area contributed by atoms with Gasteiger partial charge in [0, 0.05) is 11.1 Å². The maximum absolute atomic E-state index is 15.5. The van der Waals surface area contributed by atoms with E-state index in [0.717, 1.165) is 36.1 Å². The van der Waals surface area contributed by atoms with Crippen LogP contribution in [0.4, 0.5) is 17.6 Å². The molecule has 0 amide bonds. The van der Waals surface area contributed by atoms with Crippen LogP contribution < -0.4 is 4.74 Å². The number of alkyl halides is 2. The first-order valence-electron chi connectivity index (χ1n) is 13.5. The first-order valence-corrected chi connectivity index (χ1v) is 13.5. The van der Waals surface area contributed by atoms with E-state index in [1.54, 1.807) is 31.2 Å². The molecule has 1 N–H and O–H groups in total. The molecule has 1 unspecified atom stereocenters. The van der Waals surface area contributed by atoms with Crippen LogP contribution in [-0.2, 0) is 11.4 Å². The normalized spacial score (nSPS) is 16.1. The minimum atomic E-state index is -2.73. The molecule has 0 aromatic heterocycles. The van der Waals surface area contributed by atoms with Crippen molar-refractivity contribution in [2.75, 3.05) is 0 Å². The van der Waals surface area contributed by atoms with Crippen molar-refractivity contribution < 1.29 is 32.2 Å².